The number of nitrogens with one attached hydrogen (secondary N) is 1. The van der Waals surface area contributed by atoms with Crippen molar-refractivity contribution in [1.29, 1.82) is 0 Å². The predicted octanol–water partition coefficient (Wildman–Crippen LogP) is 4.27. The number of amides is 2. The summed E-state index contributed by atoms with van der Waals surface area (Å²) in [5.41, 5.74) is -1.14. The van der Waals surface area contributed by atoms with Gasteiger partial charge in [-0.3, -0.25) is 15.2 Å². The summed E-state index contributed by atoms with van der Waals surface area (Å²) in [5, 5.41) is 2.80. The van der Waals surface area contributed by atoms with Crippen LogP contribution in [0.2, 0.25) is 0 Å². The maximum absolute atomic E-state index is 14.1. The van der Waals surface area contributed by atoms with Gasteiger partial charge < -0.3 is 4.55 Å². The summed E-state index contributed by atoms with van der Waals surface area (Å²) < 4.78 is 56.2. The van der Waals surface area contributed by atoms with Gasteiger partial charge in [-0.1, -0.05) is 41.7 Å². The van der Waals surface area contributed by atoms with Gasteiger partial charge in [-0.15, -0.1) is 4.31 Å². The van der Waals surface area contributed by atoms with E-state index in [2.05, 4.69) is 5.32 Å². The van der Waals surface area contributed by atoms with Crippen LogP contribution in [0.3, 0.4) is 0 Å². The van der Waals surface area contributed by atoms with Crippen LogP contribution >= 0.6 is 0 Å². The minimum Gasteiger partial charge on any atom is -0.593 e. The predicted molar refractivity (Wildman–Crippen MR) is 124 cm³/mol. The highest BCUT2D eigenvalue weighted by Gasteiger charge is 2.59. The number of hydrogen-bond donors (Lipinski definition) is 1. The Kier molecular flexibility index (Phi) is 5.99. The van der Waals surface area contributed by atoms with Gasteiger partial charge in [0.1, 0.15) is 23.0 Å². The maximum Gasteiger partial charge on any atom is 0.328 e. The Bertz CT molecular complexity index is 1150. The molecule has 3 aliphatic rings. The van der Waals surface area contributed by atoms with E-state index in [-0.39, 0.29) is 36.1 Å². The Hall–Kier alpha value is -2.69. The van der Waals surface area contributed by atoms with E-state index in [1.165, 1.54) is 21.3 Å². The topological polar surface area (TPSA) is 88.1 Å². The van der Waals surface area contributed by atoms with E-state index in [0.29, 0.717) is 5.84 Å². The van der Waals surface area contributed by atoms with Crippen molar-refractivity contribution in [1.82, 2.24) is 9.62 Å². The second kappa shape index (κ2) is 8.83. The molecule has 2 atom stereocenters. The van der Waals surface area contributed by atoms with Crippen LogP contribution < -0.4 is 10.2 Å². The molecule has 2 aromatic carbocycles. The second-order valence-corrected chi connectivity index (χ2v) is 11.0. The molecule has 3 fully saturated rings. The lowest BCUT2D eigenvalue weighted by Gasteiger charge is -2.34. The summed E-state index contributed by atoms with van der Waals surface area (Å²) in [4.78, 5) is 19.5. The molecule has 1 N–H and O–H groups in total. The Morgan fingerprint density at radius 2 is 1.74 bits per heavy atom. The van der Waals surface area contributed by atoms with Crippen LogP contribution in [0, 0.1) is 11.6 Å². The van der Waals surface area contributed by atoms with E-state index in [4.69, 9.17) is 4.99 Å². The molecule has 5 rings (SSSR count). The number of halogens is 2. The summed E-state index contributed by atoms with van der Waals surface area (Å²) in [6, 6.07) is 10.4. The van der Waals surface area contributed by atoms with Crippen LogP contribution in [-0.2, 0) is 14.6 Å². The van der Waals surface area contributed by atoms with Crippen molar-refractivity contribution in [2.75, 3.05) is 18.0 Å². The lowest BCUT2D eigenvalue weighted by molar-refractivity contribution is 0.251. The van der Waals surface area contributed by atoms with E-state index in [1.807, 2.05) is 0 Å². The highest BCUT2D eigenvalue weighted by molar-refractivity contribution is 7.95. The smallest absolute Gasteiger partial charge is 0.328 e. The molecule has 7 nitrogen and oxygen atoms in total. The monoisotopic (exact) mass is 488 g/mol. The first-order valence-electron chi connectivity index (χ1n) is 11.5. The number of carbonyl (C=O) groups excluding carboxylic acids is 1. The van der Waals surface area contributed by atoms with Gasteiger partial charge in [-0.05, 0) is 43.5 Å². The number of nitrogens with zero attached hydrogens (tertiary/aromatic N) is 3. The van der Waals surface area contributed by atoms with Crippen molar-refractivity contribution < 1.29 is 22.3 Å². The van der Waals surface area contributed by atoms with Crippen LogP contribution in [0.15, 0.2) is 58.4 Å². The number of anilines is 1. The third kappa shape index (κ3) is 4.03. The molecule has 0 bridgehead atoms. The molecule has 1 spiro atoms. The minimum absolute atomic E-state index is 0.0184. The summed E-state index contributed by atoms with van der Waals surface area (Å²) in [6.45, 7) is 0.0802. The van der Waals surface area contributed by atoms with Crippen molar-refractivity contribution in [2.45, 2.75) is 55.0 Å². The van der Waals surface area contributed by atoms with Gasteiger partial charge in [0.2, 0.25) is 0 Å². The Labute approximate surface area is 198 Å². The highest BCUT2D eigenvalue weighted by atomic mass is 32.3. The number of aliphatic imine (C=N–C) groups is 1. The van der Waals surface area contributed by atoms with Crippen LogP contribution in [-0.4, -0.2) is 45.4 Å². The molecule has 0 radical (unpaired) electrons. The SMILES string of the molecule is O=C1NC(=NC2CCCCC2)C2(CCN([S+](=O)([O-])c3ccccc3)C2)N1c1cc(F)cc(F)c1. The molecular formula is C24H26F2N4O3S. The number of carbonyl (C=O) groups is 1. The fourth-order valence-corrected chi connectivity index (χ4v) is 6.75. The first kappa shape index (κ1) is 23.1. The number of amidine groups is 1. The minimum atomic E-state index is -3.83. The summed E-state index contributed by atoms with van der Waals surface area (Å²) >= 11 is 0. The van der Waals surface area contributed by atoms with Crippen molar-refractivity contribution in [3.63, 3.8) is 0 Å². The average molecular weight is 489 g/mol. The van der Waals surface area contributed by atoms with E-state index in [9.17, 15) is 22.3 Å². The first-order chi connectivity index (χ1) is 16.3. The fraction of sp³-hybridized carbons (Fsp3) is 0.417. The van der Waals surface area contributed by atoms with Gasteiger partial charge in [-0.2, -0.15) is 0 Å². The lowest BCUT2D eigenvalue weighted by atomic mass is 9.93. The van der Waals surface area contributed by atoms with Gasteiger partial charge >= 0.3 is 6.03 Å². The Morgan fingerprint density at radius 1 is 1.06 bits per heavy atom. The van der Waals surface area contributed by atoms with Crippen LogP contribution in [0.5, 0.6) is 0 Å². The summed E-state index contributed by atoms with van der Waals surface area (Å²) in [6.07, 6.45) is 5.23. The zero-order valence-electron chi connectivity index (χ0n) is 18.6. The zero-order chi connectivity index (χ0) is 23.9. The molecule has 2 heterocycles. The molecule has 180 valence electrons. The third-order valence-corrected chi connectivity index (χ3v) is 8.74. The Balaban J connectivity index is 1.57. The molecule has 2 unspecified atom stereocenters. The molecule has 1 saturated carbocycles. The van der Waals surface area contributed by atoms with Crippen LogP contribution in [0.1, 0.15) is 38.5 Å². The molecule has 10 heteroatoms. The van der Waals surface area contributed by atoms with Crippen molar-refractivity contribution in [2.24, 2.45) is 4.99 Å². The molecule has 2 aliphatic heterocycles. The van der Waals surface area contributed by atoms with Gasteiger partial charge in [0.15, 0.2) is 15.3 Å². The van der Waals surface area contributed by atoms with Gasteiger partial charge in [0.05, 0.1) is 18.3 Å². The molecular weight excluding hydrogens is 462 g/mol. The standard InChI is InChI=1S/C24H26F2N4O3S/c25-17-13-18(26)15-20(14-17)30-23(31)28-22(27-19-7-3-1-4-8-19)24(30)11-12-29(16-24)34(32,33)21-9-5-2-6-10-21/h2,5-6,9-10,13-15,19H,1,3-4,7-8,11-12,16H2,(H-,27,28,31,32,33). The van der Waals surface area contributed by atoms with Gasteiger partial charge in [-0.25, -0.2) is 13.6 Å². The normalized spacial score (nSPS) is 26.9. The van der Waals surface area contributed by atoms with Crippen molar-refractivity contribution in [3.8, 4) is 0 Å². The quantitative estimate of drug-likeness (QED) is 0.652. The molecule has 2 amide bonds. The summed E-state index contributed by atoms with van der Waals surface area (Å²) in [5.74, 6) is -1.26. The summed E-state index contributed by atoms with van der Waals surface area (Å²) in [7, 11) is -3.83. The highest BCUT2D eigenvalue weighted by Crippen LogP contribution is 2.41. The van der Waals surface area contributed by atoms with E-state index in [1.54, 1.807) is 18.2 Å². The van der Waals surface area contributed by atoms with Crippen LogP contribution in [0.25, 0.3) is 0 Å². The lowest BCUT2D eigenvalue weighted by Crippen LogP contribution is -2.53. The zero-order valence-corrected chi connectivity index (χ0v) is 19.4. The number of sulfonamides is 1. The second-order valence-electron chi connectivity index (χ2n) is 9.10. The fourth-order valence-electron chi connectivity index (χ4n) is 5.23. The number of benzene rings is 2. The van der Waals surface area contributed by atoms with Crippen molar-refractivity contribution in [3.05, 3.63) is 60.2 Å². The van der Waals surface area contributed by atoms with Crippen LogP contribution in [0.4, 0.5) is 19.3 Å². The number of hydrogen-bond acceptors (Lipinski definition) is 4. The van der Waals surface area contributed by atoms with E-state index < -0.39 is 33.6 Å². The van der Waals surface area contributed by atoms with Gasteiger partial charge in [0.25, 0.3) is 0 Å². The van der Waals surface area contributed by atoms with E-state index in [0.717, 1.165) is 50.3 Å². The number of rotatable bonds is 4. The average Bonchev–Trinajstić information content (AvgIpc) is 3.37. The molecule has 1 aliphatic carbocycles. The molecule has 2 saturated heterocycles. The molecule has 34 heavy (non-hydrogen) atoms. The van der Waals surface area contributed by atoms with Crippen molar-refractivity contribution >= 4 is 28.0 Å². The molecule has 2 aromatic rings. The Morgan fingerprint density at radius 3 is 2.41 bits per heavy atom. The first-order valence-corrected chi connectivity index (χ1v) is 12.9. The molecule has 0 aromatic heterocycles. The van der Waals surface area contributed by atoms with Gasteiger partial charge in [0, 0.05) is 12.6 Å². The maximum atomic E-state index is 14.1. The third-order valence-electron chi connectivity index (χ3n) is 6.88. The van der Waals surface area contributed by atoms with E-state index >= 15 is 0 Å². The number of urea groups is 1. The largest absolute Gasteiger partial charge is 0.593 e.